The molecule has 48 heavy (non-hydrogen) atoms. The molecule has 0 fully saturated rings. The summed E-state index contributed by atoms with van der Waals surface area (Å²) in [6.07, 6.45) is 0. The molecule has 0 saturated carbocycles. The van der Waals surface area contributed by atoms with Gasteiger partial charge in [0, 0.05) is 39.0 Å². The minimum absolute atomic E-state index is 0.0579. The molecule has 0 bridgehead atoms. The van der Waals surface area contributed by atoms with Gasteiger partial charge in [-0.3, -0.25) is 19.6 Å². The van der Waals surface area contributed by atoms with Gasteiger partial charge in [0.2, 0.25) is 11.8 Å². The van der Waals surface area contributed by atoms with E-state index in [4.69, 9.17) is 9.47 Å². The lowest BCUT2D eigenvalue weighted by Crippen LogP contribution is -2.13. The van der Waals surface area contributed by atoms with Gasteiger partial charge < -0.3 is 30.1 Å². The fourth-order valence-electron chi connectivity index (χ4n) is 5.78. The maximum atomic E-state index is 14.5. The number of fused-ring (bicyclic) bond motifs is 6. The summed E-state index contributed by atoms with van der Waals surface area (Å²) in [4.78, 5) is 39.1. The third-order valence-corrected chi connectivity index (χ3v) is 8.04. The van der Waals surface area contributed by atoms with Gasteiger partial charge in [-0.2, -0.15) is 0 Å². The van der Waals surface area contributed by atoms with Gasteiger partial charge in [0.15, 0.2) is 0 Å². The van der Waals surface area contributed by atoms with E-state index in [2.05, 4.69) is 30.6 Å². The monoisotopic (exact) mass is 646 g/mol. The van der Waals surface area contributed by atoms with Crippen molar-refractivity contribution in [2.45, 2.75) is 0 Å². The number of ether oxygens (including phenoxy) is 2. The summed E-state index contributed by atoms with van der Waals surface area (Å²) in [6, 6.07) is 24.2. The zero-order chi connectivity index (χ0) is 33.4. The van der Waals surface area contributed by atoms with E-state index in [0.29, 0.717) is 56.8 Å². The molecule has 12 heteroatoms. The Morgan fingerprint density at radius 3 is 1.65 bits per heavy atom. The van der Waals surface area contributed by atoms with Crippen molar-refractivity contribution in [1.29, 1.82) is 0 Å². The van der Waals surface area contributed by atoms with Crippen LogP contribution in [0.2, 0.25) is 0 Å². The quantitative estimate of drug-likeness (QED) is 0.181. The van der Waals surface area contributed by atoms with Crippen molar-refractivity contribution in [3.8, 4) is 11.5 Å². The highest BCUT2D eigenvalue weighted by molar-refractivity contribution is 6.24. The number of nitrogens with one attached hydrogen (secondary N) is 4. The number of aliphatic imine (C=N–C) groups is 2. The number of halogens is 2. The molecule has 2 aromatic heterocycles. The van der Waals surface area contributed by atoms with Crippen LogP contribution < -0.4 is 20.1 Å². The molecule has 240 valence electrons. The fourth-order valence-corrected chi connectivity index (χ4v) is 5.78. The van der Waals surface area contributed by atoms with Gasteiger partial charge in [-0.15, -0.1) is 0 Å². The second kappa shape index (κ2) is 12.5. The average molecular weight is 647 g/mol. The Bertz CT molecular complexity index is 2310. The van der Waals surface area contributed by atoms with Crippen molar-refractivity contribution in [2.24, 2.45) is 9.98 Å². The smallest absolute Gasteiger partial charge is 0.246 e. The highest BCUT2D eigenvalue weighted by Gasteiger charge is 2.26. The Morgan fingerprint density at radius 1 is 0.604 bits per heavy atom. The fraction of sp³-hybridized carbons (Fsp3) is 0.111. The number of benzene rings is 4. The third kappa shape index (κ3) is 5.53. The van der Waals surface area contributed by atoms with Crippen molar-refractivity contribution in [2.75, 3.05) is 37.9 Å². The Balaban J connectivity index is 0.000000152. The summed E-state index contributed by atoms with van der Waals surface area (Å²) < 4.78 is 39.2. The number of aromatic nitrogens is 2. The molecule has 0 unspecified atom stereocenters. The van der Waals surface area contributed by atoms with Crippen molar-refractivity contribution in [1.82, 2.24) is 9.97 Å². The van der Waals surface area contributed by atoms with Crippen LogP contribution in [0.5, 0.6) is 11.5 Å². The maximum absolute atomic E-state index is 14.5. The highest BCUT2D eigenvalue weighted by atomic mass is 19.1. The van der Waals surface area contributed by atoms with E-state index >= 15 is 0 Å². The van der Waals surface area contributed by atoms with Crippen molar-refractivity contribution >= 4 is 56.4 Å². The molecule has 4 heterocycles. The number of anilines is 2. The molecule has 4 N–H and O–H groups in total. The van der Waals surface area contributed by atoms with Crippen molar-refractivity contribution in [3.05, 3.63) is 119 Å². The van der Waals surface area contributed by atoms with E-state index in [1.54, 1.807) is 24.3 Å². The van der Waals surface area contributed by atoms with Gasteiger partial charge >= 0.3 is 0 Å². The Hall–Kier alpha value is -6.30. The topological polar surface area (TPSA) is 133 Å². The summed E-state index contributed by atoms with van der Waals surface area (Å²) in [5.74, 6) is -0.392. The van der Waals surface area contributed by atoms with E-state index in [1.165, 1.54) is 26.4 Å². The van der Waals surface area contributed by atoms with Crippen molar-refractivity contribution in [3.63, 3.8) is 0 Å². The second-order valence-corrected chi connectivity index (χ2v) is 11.0. The maximum Gasteiger partial charge on any atom is 0.246 e. The average Bonchev–Trinajstić information content (AvgIpc) is 3.53. The first-order valence-corrected chi connectivity index (χ1v) is 14.9. The number of hydrogen-bond acceptors (Lipinski definition) is 6. The van der Waals surface area contributed by atoms with E-state index < -0.39 is 11.6 Å². The van der Waals surface area contributed by atoms with Gasteiger partial charge in [-0.05, 0) is 42.5 Å². The Morgan fingerprint density at radius 2 is 1.10 bits per heavy atom. The molecule has 0 atom stereocenters. The number of H-pyrrole nitrogens is 2. The number of carbonyl (C=O) groups excluding carboxylic acids is 2. The van der Waals surface area contributed by atoms with Crippen LogP contribution in [0.1, 0.15) is 22.5 Å². The Labute approximate surface area is 272 Å². The molecule has 0 aliphatic carbocycles. The van der Waals surface area contributed by atoms with Crippen molar-refractivity contribution < 1.29 is 27.8 Å². The molecule has 4 aromatic carbocycles. The SMILES string of the molecule is COc1ccc(C2=NCC(=O)Nc3c2[nH]c2ccccc32)c(F)c1.COc1ccc(F)c(C2=NCC(=O)Nc3c2[nH]c2ccccc32)c1. The molecule has 0 saturated heterocycles. The molecule has 8 rings (SSSR count). The lowest BCUT2D eigenvalue weighted by Gasteiger charge is -2.09. The summed E-state index contributed by atoms with van der Waals surface area (Å²) in [7, 11) is 3.00. The molecule has 2 amide bonds. The van der Waals surface area contributed by atoms with Gasteiger partial charge in [-0.25, -0.2) is 8.78 Å². The number of nitrogens with zero attached hydrogens (tertiary/aromatic N) is 2. The minimum Gasteiger partial charge on any atom is -0.497 e. The van der Waals surface area contributed by atoms with Gasteiger partial charge in [0.1, 0.15) is 36.2 Å². The van der Waals surface area contributed by atoms with Crippen LogP contribution in [0.25, 0.3) is 21.8 Å². The lowest BCUT2D eigenvalue weighted by molar-refractivity contribution is -0.115. The van der Waals surface area contributed by atoms with Crippen LogP contribution >= 0.6 is 0 Å². The van der Waals surface area contributed by atoms with E-state index in [-0.39, 0.29) is 24.9 Å². The molecule has 2 aliphatic rings. The third-order valence-electron chi connectivity index (χ3n) is 8.04. The summed E-state index contributed by atoms with van der Waals surface area (Å²) >= 11 is 0. The number of methoxy groups -OCH3 is 2. The first-order chi connectivity index (χ1) is 23.3. The normalized spacial score (nSPS) is 13.9. The summed E-state index contributed by atoms with van der Waals surface area (Å²) in [5.41, 5.74) is 5.57. The molecule has 6 aromatic rings. The molecule has 10 nitrogen and oxygen atoms in total. The van der Waals surface area contributed by atoms with Crippen LogP contribution in [0, 0.1) is 11.6 Å². The van der Waals surface area contributed by atoms with Crippen LogP contribution in [-0.2, 0) is 9.59 Å². The number of hydrogen-bond donors (Lipinski definition) is 4. The molecular weight excluding hydrogens is 618 g/mol. The van der Waals surface area contributed by atoms with Crippen LogP contribution in [0.4, 0.5) is 20.2 Å². The van der Waals surface area contributed by atoms with Gasteiger partial charge in [-0.1, -0.05) is 36.4 Å². The molecule has 0 spiro atoms. The standard InChI is InChI=1S/2C18H14FN3O2/c1-24-10-6-7-11(13(19)8-10)16-18-17(22-15(23)9-20-16)12-4-2-3-5-14(12)21-18;1-24-10-6-7-13(19)12(8-10)16-18-17(22-15(23)9-20-16)11-4-2-3-5-14(11)21-18/h2*2-8,21H,9H2,1H3,(H,22,23). The van der Waals surface area contributed by atoms with Crippen LogP contribution in [0.15, 0.2) is 94.9 Å². The number of para-hydroxylation sites is 2. The van der Waals surface area contributed by atoms with E-state index in [0.717, 1.165) is 21.8 Å². The first kappa shape index (κ1) is 30.4. The van der Waals surface area contributed by atoms with Crippen LogP contribution in [0.3, 0.4) is 0 Å². The molecule has 2 aliphatic heterocycles. The molecular formula is C36H28F2N6O4. The zero-order valence-electron chi connectivity index (χ0n) is 25.8. The Kier molecular flexibility index (Phi) is 7.89. The number of carbonyl (C=O) groups is 2. The second-order valence-electron chi connectivity index (χ2n) is 11.0. The summed E-state index contributed by atoms with van der Waals surface area (Å²) in [6.45, 7) is -0.125. The first-order valence-electron chi connectivity index (χ1n) is 14.9. The highest BCUT2D eigenvalue weighted by Crippen LogP contribution is 2.34. The van der Waals surface area contributed by atoms with Gasteiger partial charge in [0.05, 0.1) is 48.4 Å². The van der Waals surface area contributed by atoms with Gasteiger partial charge in [0.25, 0.3) is 0 Å². The van der Waals surface area contributed by atoms with E-state index in [9.17, 15) is 18.4 Å². The zero-order valence-corrected chi connectivity index (χ0v) is 25.8. The predicted octanol–water partition coefficient (Wildman–Crippen LogP) is 6.21. The largest absolute Gasteiger partial charge is 0.497 e. The number of rotatable bonds is 4. The number of amides is 2. The van der Waals surface area contributed by atoms with Crippen LogP contribution in [-0.4, -0.2) is 60.5 Å². The summed E-state index contributed by atoms with van der Waals surface area (Å²) in [5, 5.41) is 7.44. The predicted molar refractivity (Wildman–Crippen MR) is 181 cm³/mol. The minimum atomic E-state index is -0.452. The molecule has 0 radical (unpaired) electrons. The number of aromatic amines is 2. The lowest BCUT2D eigenvalue weighted by atomic mass is 10.0. The van der Waals surface area contributed by atoms with E-state index in [1.807, 2.05) is 48.5 Å².